The first kappa shape index (κ1) is 11.7. The lowest BCUT2D eigenvalue weighted by molar-refractivity contribution is 0.833. The van der Waals surface area contributed by atoms with Gasteiger partial charge in [0.15, 0.2) is 5.65 Å². The minimum absolute atomic E-state index is 0.725. The number of fused-ring (bicyclic) bond motifs is 1. The molecule has 0 aliphatic rings. The minimum Gasteiger partial charge on any atom is -0.359 e. The first-order chi connectivity index (χ1) is 8.11. The maximum absolute atomic E-state index is 4.48. The monoisotopic (exact) mass is 231 g/mol. The lowest BCUT2D eigenvalue weighted by Crippen LogP contribution is -2.20. The summed E-state index contributed by atoms with van der Waals surface area (Å²) in [6, 6.07) is 0. The Morgan fingerprint density at radius 2 is 1.82 bits per heavy atom. The molecule has 0 saturated carbocycles. The van der Waals surface area contributed by atoms with Gasteiger partial charge < -0.3 is 4.90 Å². The summed E-state index contributed by atoms with van der Waals surface area (Å²) in [7, 11) is 2.03. The molecule has 2 aromatic heterocycles. The number of aromatic nitrogens is 4. The average Bonchev–Trinajstić information content (AvgIpc) is 2.27. The lowest BCUT2D eigenvalue weighted by Gasteiger charge is -2.18. The van der Waals surface area contributed by atoms with Crippen molar-refractivity contribution in [2.45, 2.75) is 27.2 Å². The summed E-state index contributed by atoms with van der Waals surface area (Å²) in [5.74, 6) is 2.39. The van der Waals surface area contributed by atoms with E-state index in [1.807, 2.05) is 20.9 Å². The Hall–Kier alpha value is -1.78. The van der Waals surface area contributed by atoms with Crippen LogP contribution >= 0.6 is 0 Å². The highest BCUT2D eigenvalue weighted by Gasteiger charge is 2.11. The molecule has 0 fully saturated rings. The molecule has 0 amide bonds. The van der Waals surface area contributed by atoms with Crippen LogP contribution in [-0.4, -0.2) is 33.5 Å². The molecule has 90 valence electrons. The van der Waals surface area contributed by atoms with Crippen molar-refractivity contribution in [1.82, 2.24) is 19.9 Å². The van der Waals surface area contributed by atoms with E-state index in [0.29, 0.717) is 0 Å². The summed E-state index contributed by atoms with van der Waals surface area (Å²) in [6.07, 6.45) is 2.88. The Bertz CT molecular complexity index is 532. The first-order valence-electron chi connectivity index (χ1n) is 5.81. The third-order valence-corrected chi connectivity index (χ3v) is 2.59. The van der Waals surface area contributed by atoms with E-state index in [1.165, 1.54) is 0 Å². The van der Waals surface area contributed by atoms with Gasteiger partial charge in [0.05, 0.1) is 5.39 Å². The predicted octanol–water partition coefficient (Wildman–Crippen LogP) is 1.88. The molecule has 2 heterocycles. The van der Waals surface area contributed by atoms with Crippen molar-refractivity contribution in [2.24, 2.45) is 0 Å². The molecule has 0 bridgehead atoms. The highest BCUT2D eigenvalue weighted by atomic mass is 15.2. The Morgan fingerprint density at radius 3 is 2.53 bits per heavy atom. The third kappa shape index (κ3) is 2.33. The molecule has 0 radical (unpaired) electrons. The number of hydrogen-bond donors (Lipinski definition) is 0. The van der Waals surface area contributed by atoms with Crippen LogP contribution in [0.25, 0.3) is 11.0 Å². The van der Waals surface area contributed by atoms with Crippen molar-refractivity contribution in [3.63, 3.8) is 0 Å². The molecule has 0 aromatic carbocycles. The van der Waals surface area contributed by atoms with Crippen LogP contribution in [0.15, 0.2) is 6.20 Å². The molecule has 5 heteroatoms. The largest absolute Gasteiger partial charge is 0.359 e. The summed E-state index contributed by atoms with van der Waals surface area (Å²) in [4.78, 5) is 19.5. The van der Waals surface area contributed by atoms with Crippen molar-refractivity contribution in [3.05, 3.63) is 17.8 Å². The Morgan fingerprint density at radius 1 is 1.12 bits per heavy atom. The number of rotatable bonds is 3. The van der Waals surface area contributed by atoms with E-state index in [2.05, 4.69) is 31.8 Å². The highest BCUT2D eigenvalue weighted by Crippen LogP contribution is 2.21. The van der Waals surface area contributed by atoms with Crippen LogP contribution in [0, 0.1) is 13.8 Å². The van der Waals surface area contributed by atoms with Crippen molar-refractivity contribution in [1.29, 1.82) is 0 Å². The van der Waals surface area contributed by atoms with Crippen LogP contribution in [0.1, 0.15) is 25.0 Å². The van der Waals surface area contributed by atoms with Crippen LogP contribution in [0.4, 0.5) is 5.82 Å². The van der Waals surface area contributed by atoms with E-state index >= 15 is 0 Å². The average molecular weight is 231 g/mol. The van der Waals surface area contributed by atoms with Crippen molar-refractivity contribution < 1.29 is 0 Å². The van der Waals surface area contributed by atoms with Crippen LogP contribution in [0.2, 0.25) is 0 Å². The Kier molecular flexibility index (Phi) is 3.17. The minimum atomic E-state index is 0.725. The van der Waals surface area contributed by atoms with Gasteiger partial charge in [-0.25, -0.2) is 19.9 Å². The third-order valence-electron chi connectivity index (χ3n) is 2.59. The van der Waals surface area contributed by atoms with Gasteiger partial charge in [-0.1, -0.05) is 6.92 Å². The molecular weight excluding hydrogens is 214 g/mol. The molecule has 0 aliphatic carbocycles. The van der Waals surface area contributed by atoms with Gasteiger partial charge in [-0.05, 0) is 20.3 Å². The van der Waals surface area contributed by atoms with Gasteiger partial charge in [0.2, 0.25) is 0 Å². The quantitative estimate of drug-likeness (QED) is 0.807. The van der Waals surface area contributed by atoms with Crippen molar-refractivity contribution in [2.75, 3.05) is 18.5 Å². The van der Waals surface area contributed by atoms with Crippen molar-refractivity contribution >= 4 is 16.9 Å². The SMILES string of the molecule is CCCN(C)c1nc(C)nc2nc(C)ncc12. The van der Waals surface area contributed by atoms with Crippen LogP contribution in [0.5, 0.6) is 0 Å². The fraction of sp³-hybridized carbons (Fsp3) is 0.500. The van der Waals surface area contributed by atoms with Crippen molar-refractivity contribution in [3.8, 4) is 0 Å². The Balaban J connectivity index is 2.61. The molecule has 2 rings (SSSR count). The molecule has 0 aliphatic heterocycles. The van der Waals surface area contributed by atoms with E-state index < -0.39 is 0 Å². The number of hydrogen-bond acceptors (Lipinski definition) is 5. The summed E-state index contributed by atoms with van der Waals surface area (Å²) >= 11 is 0. The maximum Gasteiger partial charge on any atom is 0.168 e. The molecule has 2 aromatic rings. The molecule has 0 N–H and O–H groups in total. The van der Waals surface area contributed by atoms with Crippen LogP contribution in [0.3, 0.4) is 0 Å². The second-order valence-corrected chi connectivity index (χ2v) is 4.17. The van der Waals surface area contributed by atoms with E-state index in [0.717, 1.165) is 41.5 Å². The molecular formula is C12H17N5. The highest BCUT2D eigenvalue weighted by molar-refractivity contribution is 5.86. The fourth-order valence-corrected chi connectivity index (χ4v) is 1.83. The summed E-state index contributed by atoms with van der Waals surface area (Å²) in [6.45, 7) is 6.86. The van der Waals surface area contributed by atoms with Crippen LogP contribution < -0.4 is 4.90 Å². The number of aryl methyl sites for hydroxylation is 2. The molecule has 0 atom stereocenters. The maximum atomic E-state index is 4.48. The second kappa shape index (κ2) is 4.61. The van der Waals surface area contributed by atoms with Crippen LogP contribution in [-0.2, 0) is 0 Å². The van der Waals surface area contributed by atoms with E-state index in [-0.39, 0.29) is 0 Å². The summed E-state index contributed by atoms with van der Waals surface area (Å²) < 4.78 is 0. The smallest absolute Gasteiger partial charge is 0.168 e. The molecule has 0 saturated heterocycles. The normalized spacial score (nSPS) is 10.8. The Labute approximate surface area is 101 Å². The molecule has 0 spiro atoms. The second-order valence-electron chi connectivity index (χ2n) is 4.17. The molecule has 17 heavy (non-hydrogen) atoms. The standard InChI is InChI=1S/C12H17N5/c1-5-6-17(4)12-10-7-13-8(2)14-11(10)15-9(3)16-12/h7H,5-6H2,1-4H3. The fourth-order valence-electron chi connectivity index (χ4n) is 1.83. The zero-order chi connectivity index (χ0) is 12.4. The summed E-state index contributed by atoms with van der Waals surface area (Å²) in [5.41, 5.74) is 0.725. The molecule has 5 nitrogen and oxygen atoms in total. The van der Waals surface area contributed by atoms with E-state index in [4.69, 9.17) is 0 Å². The van der Waals surface area contributed by atoms with Gasteiger partial charge in [-0.15, -0.1) is 0 Å². The van der Waals surface area contributed by atoms with Gasteiger partial charge >= 0.3 is 0 Å². The van der Waals surface area contributed by atoms with Gasteiger partial charge in [0.25, 0.3) is 0 Å². The van der Waals surface area contributed by atoms with Gasteiger partial charge in [-0.2, -0.15) is 0 Å². The molecule has 0 unspecified atom stereocenters. The number of nitrogens with zero attached hydrogens (tertiary/aromatic N) is 5. The lowest BCUT2D eigenvalue weighted by atomic mass is 10.3. The first-order valence-corrected chi connectivity index (χ1v) is 5.81. The van der Waals surface area contributed by atoms with Gasteiger partial charge in [0, 0.05) is 19.8 Å². The summed E-state index contributed by atoms with van der Waals surface area (Å²) in [5, 5.41) is 0.914. The zero-order valence-corrected chi connectivity index (χ0v) is 10.7. The van der Waals surface area contributed by atoms with Gasteiger partial charge in [0.1, 0.15) is 17.5 Å². The van der Waals surface area contributed by atoms with Gasteiger partial charge in [-0.3, -0.25) is 0 Å². The predicted molar refractivity (Wildman–Crippen MR) is 68.2 cm³/mol. The van der Waals surface area contributed by atoms with E-state index in [1.54, 1.807) is 6.20 Å². The van der Waals surface area contributed by atoms with E-state index in [9.17, 15) is 0 Å². The number of anilines is 1. The zero-order valence-electron chi connectivity index (χ0n) is 10.7. The topological polar surface area (TPSA) is 54.8 Å².